The first-order valence-corrected chi connectivity index (χ1v) is 4.22. The first-order chi connectivity index (χ1) is 5.83. The lowest BCUT2D eigenvalue weighted by Crippen LogP contribution is -2.17. The standard InChI is InChI=1S/C5H13NO.C3H9NO/c1-3-6-4-5-7-2;1-5-3-2-4/h6H,3-5H2,1-2H3;2-4H2,1H3. The summed E-state index contributed by atoms with van der Waals surface area (Å²) < 4.78 is 9.35. The number of methoxy groups -OCH3 is 2. The topological polar surface area (TPSA) is 56.5 Å². The van der Waals surface area contributed by atoms with Crippen molar-refractivity contribution in [1.82, 2.24) is 5.32 Å². The van der Waals surface area contributed by atoms with Gasteiger partial charge in [0.05, 0.1) is 13.2 Å². The molecule has 0 spiro atoms. The van der Waals surface area contributed by atoms with Crippen molar-refractivity contribution >= 4 is 0 Å². The molecule has 0 aromatic carbocycles. The Morgan fingerprint density at radius 2 is 1.75 bits per heavy atom. The third-order valence-corrected chi connectivity index (χ3v) is 1.05. The molecule has 0 bridgehead atoms. The van der Waals surface area contributed by atoms with Crippen LogP contribution in [0.5, 0.6) is 0 Å². The molecule has 0 rings (SSSR count). The Morgan fingerprint density at radius 3 is 2.00 bits per heavy atom. The van der Waals surface area contributed by atoms with Gasteiger partial charge in [-0.15, -0.1) is 0 Å². The van der Waals surface area contributed by atoms with Crippen molar-refractivity contribution in [1.29, 1.82) is 0 Å². The van der Waals surface area contributed by atoms with Crippen molar-refractivity contribution in [3.05, 3.63) is 0 Å². The van der Waals surface area contributed by atoms with Crippen molar-refractivity contribution in [3.63, 3.8) is 0 Å². The number of likely N-dealkylation sites (N-methyl/N-ethyl adjacent to an activating group) is 1. The maximum atomic E-state index is 5.01. The van der Waals surface area contributed by atoms with E-state index in [1.165, 1.54) is 0 Å². The number of rotatable bonds is 6. The van der Waals surface area contributed by atoms with E-state index in [0.717, 1.165) is 19.7 Å². The predicted molar refractivity (Wildman–Crippen MR) is 51.4 cm³/mol. The van der Waals surface area contributed by atoms with E-state index < -0.39 is 0 Å². The highest BCUT2D eigenvalue weighted by atomic mass is 16.5. The van der Waals surface area contributed by atoms with Gasteiger partial charge in [-0.25, -0.2) is 0 Å². The molecule has 0 aliphatic heterocycles. The van der Waals surface area contributed by atoms with Gasteiger partial charge in [0, 0.05) is 27.3 Å². The first kappa shape index (κ1) is 14.4. The number of ether oxygens (including phenoxy) is 2. The zero-order chi connectivity index (χ0) is 9.66. The summed E-state index contributed by atoms with van der Waals surface area (Å²) in [5, 5.41) is 3.12. The molecule has 0 amide bonds. The second-order valence-corrected chi connectivity index (χ2v) is 2.13. The van der Waals surface area contributed by atoms with E-state index in [2.05, 4.69) is 17.0 Å². The molecule has 0 aromatic rings. The second-order valence-electron chi connectivity index (χ2n) is 2.13. The molecule has 12 heavy (non-hydrogen) atoms. The minimum absolute atomic E-state index is 0.622. The first-order valence-electron chi connectivity index (χ1n) is 4.22. The van der Waals surface area contributed by atoms with Crippen LogP contribution < -0.4 is 11.1 Å². The number of nitrogens with one attached hydrogen (secondary N) is 1. The fourth-order valence-electron chi connectivity index (χ4n) is 0.469. The fraction of sp³-hybridized carbons (Fsp3) is 1.00. The molecule has 0 aromatic heterocycles. The van der Waals surface area contributed by atoms with Gasteiger partial charge in [-0.3, -0.25) is 0 Å². The van der Waals surface area contributed by atoms with Crippen molar-refractivity contribution in [2.45, 2.75) is 6.92 Å². The Bertz CT molecular complexity index is 57.0. The largest absolute Gasteiger partial charge is 0.383 e. The van der Waals surface area contributed by atoms with Crippen LogP contribution in [0.25, 0.3) is 0 Å². The molecule has 0 atom stereocenters. The highest BCUT2D eigenvalue weighted by molar-refractivity contribution is 4.36. The maximum absolute atomic E-state index is 5.01. The monoisotopic (exact) mass is 178 g/mol. The fourth-order valence-corrected chi connectivity index (χ4v) is 0.469. The molecule has 0 aliphatic rings. The lowest BCUT2D eigenvalue weighted by molar-refractivity contribution is 0.200. The zero-order valence-electron chi connectivity index (χ0n) is 8.43. The van der Waals surface area contributed by atoms with Gasteiger partial charge in [0.25, 0.3) is 0 Å². The van der Waals surface area contributed by atoms with Gasteiger partial charge in [-0.1, -0.05) is 6.92 Å². The normalized spacial score (nSPS) is 9.00. The van der Waals surface area contributed by atoms with Gasteiger partial charge in [0.1, 0.15) is 0 Å². The smallest absolute Gasteiger partial charge is 0.0587 e. The molecule has 0 saturated heterocycles. The highest BCUT2D eigenvalue weighted by Gasteiger charge is 1.76. The van der Waals surface area contributed by atoms with Gasteiger partial charge in [0.2, 0.25) is 0 Å². The molecule has 0 unspecified atom stereocenters. The lowest BCUT2D eigenvalue weighted by atomic mass is 10.6. The molecule has 0 fully saturated rings. The minimum atomic E-state index is 0.622. The van der Waals surface area contributed by atoms with Gasteiger partial charge in [0.15, 0.2) is 0 Å². The van der Waals surface area contributed by atoms with Crippen LogP contribution in [0.3, 0.4) is 0 Å². The summed E-state index contributed by atoms with van der Waals surface area (Å²) in [5.41, 5.74) is 5.01. The molecule has 3 N–H and O–H groups in total. The quantitative estimate of drug-likeness (QED) is 0.555. The Kier molecular flexibility index (Phi) is 20.4. The van der Waals surface area contributed by atoms with Crippen LogP contribution in [0.1, 0.15) is 6.92 Å². The van der Waals surface area contributed by atoms with E-state index >= 15 is 0 Å². The van der Waals surface area contributed by atoms with Crippen LogP contribution >= 0.6 is 0 Å². The van der Waals surface area contributed by atoms with Crippen molar-refractivity contribution in [3.8, 4) is 0 Å². The van der Waals surface area contributed by atoms with Gasteiger partial charge < -0.3 is 20.5 Å². The SMILES string of the molecule is CCNCCOC.COCCN. The summed E-state index contributed by atoms with van der Waals surface area (Å²) in [7, 11) is 3.34. The summed E-state index contributed by atoms with van der Waals surface area (Å²) in [5.74, 6) is 0. The third kappa shape index (κ3) is 22.5. The van der Waals surface area contributed by atoms with E-state index in [0.29, 0.717) is 13.2 Å². The average molecular weight is 178 g/mol. The van der Waals surface area contributed by atoms with Crippen LogP contribution in [0.2, 0.25) is 0 Å². The Labute approximate surface area is 75.4 Å². The molecule has 0 aliphatic carbocycles. The van der Waals surface area contributed by atoms with Crippen LogP contribution in [0.4, 0.5) is 0 Å². The van der Waals surface area contributed by atoms with E-state index in [9.17, 15) is 0 Å². The molecule has 76 valence electrons. The summed E-state index contributed by atoms with van der Waals surface area (Å²) in [4.78, 5) is 0. The van der Waals surface area contributed by atoms with Gasteiger partial charge >= 0.3 is 0 Å². The van der Waals surface area contributed by atoms with Crippen LogP contribution in [0, 0.1) is 0 Å². The summed E-state index contributed by atoms with van der Waals surface area (Å²) in [6, 6.07) is 0. The Hall–Kier alpha value is -0.160. The summed E-state index contributed by atoms with van der Waals surface area (Å²) in [6.07, 6.45) is 0. The average Bonchev–Trinajstić information content (AvgIpc) is 2.08. The molecular weight excluding hydrogens is 156 g/mol. The van der Waals surface area contributed by atoms with Crippen LogP contribution in [-0.2, 0) is 9.47 Å². The summed E-state index contributed by atoms with van der Waals surface area (Å²) in [6.45, 7) is 6.18. The van der Waals surface area contributed by atoms with Crippen molar-refractivity contribution < 1.29 is 9.47 Å². The molecule has 4 heteroatoms. The molecule has 0 radical (unpaired) electrons. The minimum Gasteiger partial charge on any atom is -0.383 e. The second kappa shape index (κ2) is 17.1. The van der Waals surface area contributed by atoms with E-state index in [1.807, 2.05) is 0 Å². The highest BCUT2D eigenvalue weighted by Crippen LogP contribution is 1.61. The molecule has 0 heterocycles. The number of hydrogen-bond acceptors (Lipinski definition) is 4. The summed E-state index contributed by atoms with van der Waals surface area (Å²) >= 11 is 0. The van der Waals surface area contributed by atoms with Crippen LogP contribution in [0.15, 0.2) is 0 Å². The van der Waals surface area contributed by atoms with Crippen molar-refractivity contribution in [2.24, 2.45) is 5.73 Å². The van der Waals surface area contributed by atoms with E-state index in [-0.39, 0.29) is 0 Å². The Morgan fingerprint density at radius 1 is 1.17 bits per heavy atom. The molecule has 0 saturated carbocycles. The van der Waals surface area contributed by atoms with E-state index in [1.54, 1.807) is 14.2 Å². The predicted octanol–water partition coefficient (Wildman–Crippen LogP) is -0.166. The van der Waals surface area contributed by atoms with E-state index in [4.69, 9.17) is 10.5 Å². The van der Waals surface area contributed by atoms with Crippen molar-refractivity contribution in [2.75, 3.05) is 47.1 Å². The van der Waals surface area contributed by atoms with Crippen LogP contribution in [-0.4, -0.2) is 47.1 Å². The third-order valence-electron chi connectivity index (χ3n) is 1.05. The number of nitrogens with two attached hydrogens (primary N) is 1. The maximum Gasteiger partial charge on any atom is 0.0587 e. The Balaban J connectivity index is 0. The van der Waals surface area contributed by atoms with Gasteiger partial charge in [-0.05, 0) is 6.54 Å². The molecular formula is C8H22N2O2. The molecule has 4 nitrogen and oxygen atoms in total. The lowest BCUT2D eigenvalue weighted by Gasteiger charge is -1.96. The number of hydrogen-bond donors (Lipinski definition) is 2. The zero-order valence-corrected chi connectivity index (χ0v) is 8.43. The van der Waals surface area contributed by atoms with Gasteiger partial charge in [-0.2, -0.15) is 0 Å².